The van der Waals surface area contributed by atoms with Gasteiger partial charge in [0.25, 0.3) is 0 Å². The fourth-order valence-corrected chi connectivity index (χ4v) is 1.69. The minimum Gasteiger partial charge on any atom is -0.491 e. The van der Waals surface area contributed by atoms with Gasteiger partial charge in [-0.15, -0.1) is 0 Å². The zero-order chi connectivity index (χ0) is 14.7. The van der Waals surface area contributed by atoms with Gasteiger partial charge < -0.3 is 15.4 Å². The molecule has 0 aliphatic rings. The summed E-state index contributed by atoms with van der Waals surface area (Å²) in [5.41, 5.74) is 6.58. The molecule has 2 aromatic rings. The molecule has 1 aromatic heterocycles. The first-order valence-electron chi connectivity index (χ1n) is 6.41. The molecule has 0 bridgehead atoms. The van der Waals surface area contributed by atoms with Crippen LogP contribution in [0.25, 0.3) is 11.4 Å². The van der Waals surface area contributed by atoms with Crippen molar-refractivity contribution < 1.29 is 4.74 Å². The third-order valence-corrected chi connectivity index (χ3v) is 2.50. The van der Waals surface area contributed by atoms with E-state index in [1.54, 1.807) is 4.90 Å². The Balaban J connectivity index is 2.40. The lowest BCUT2D eigenvalue weighted by Gasteiger charge is -2.13. The van der Waals surface area contributed by atoms with E-state index >= 15 is 0 Å². The van der Waals surface area contributed by atoms with Gasteiger partial charge in [-0.2, -0.15) is 15.0 Å². The van der Waals surface area contributed by atoms with Crippen LogP contribution in [0.5, 0.6) is 5.75 Å². The zero-order valence-corrected chi connectivity index (χ0v) is 12.2. The highest BCUT2D eigenvalue weighted by Crippen LogP contribution is 2.23. The molecule has 2 rings (SSSR count). The Bertz CT molecular complexity index is 598. The summed E-state index contributed by atoms with van der Waals surface area (Å²) in [5, 5.41) is 0. The molecule has 0 aliphatic carbocycles. The van der Waals surface area contributed by atoms with Gasteiger partial charge in [0.1, 0.15) is 5.75 Å². The van der Waals surface area contributed by atoms with Crippen molar-refractivity contribution in [3.05, 3.63) is 24.3 Å². The number of rotatable bonds is 4. The zero-order valence-electron chi connectivity index (χ0n) is 12.2. The summed E-state index contributed by atoms with van der Waals surface area (Å²) >= 11 is 0. The second-order valence-corrected chi connectivity index (χ2v) is 4.91. The summed E-state index contributed by atoms with van der Waals surface area (Å²) in [6.45, 7) is 3.97. The van der Waals surface area contributed by atoms with Gasteiger partial charge in [-0.25, -0.2) is 0 Å². The molecule has 0 fully saturated rings. The summed E-state index contributed by atoms with van der Waals surface area (Å²) in [7, 11) is 3.72. The van der Waals surface area contributed by atoms with Crippen molar-refractivity contribution in [3.63, 3.8) is 0 Å². The Labute approximate surface area is 118 Å². The summed E-state index contributed by atoms with van der Waals surface area (Å²) in [4.78, 5) is 14.4. The normalized spacial score (nSPS) is 10.7. The van der Waals surface area contributed by atoms with Gasteiger partial charge in [0.2, 0.25) is 11.9 Å². The van der Waals surface area contributed by atoms with E-state index in [-0.39, 0.29) is 12.1 Å². The monoisotopic (exact) mass is 273 g/mol. The first kappa shape index (κ1) is 14.0. The molecule has 0 spiro atoms. The highest BCUT2D eigenvalue weighted by molar-refractivity contribution is 5.59. The molecule has 1 heterocycles. The van der Waals surface area contributed by atoms with Crippen molar-refractivity contribution in [2.24, 2.45) is 0 Å². The van der Waals surface area contributed by atoms with Crippen LogP contribution in [0.3, 0.4) is 0 Å². The Morgan fingerprint density at radius 3 is 2.55 bits per heavy atom. The van der Waals surface area contributed by atoms with Crippen LogP contribution < -0.4 is 15.4 Å². The molecule has 0 saturated carbocycles. The van der Waals surface area contributed by atoms with Gasteiger partial charge in [-0.05, 0) is 26.0 Å². The summed E-state index contributed by atoms with van der Waals surface area (Å²) in [6.07, 6.45) is 0.117. The van der Waals surface area contributed by atoms with Crippen molar-refractivity contribution in [2.45, 2.75) is 20.0 Å². The number of benzene rings is 1. The number of aromatic nitrogens is 3. The van der Waals surface area contributed by atoms with Crippen LogP contribution in [0.4, 0.5) is 11.9 Å². The van der Waals surface area contributed by atoms with Crippen molar-refractivity contribution in [1.82, 2.24) is 15.0 Å². The van der Waals surface area contributed by atoms with Crippen LogP contribution in [0, 0.1) is 0 Å². The van der Waals surface area contributed by atoms with Crippen molar-refractivity contribution >= 4 is 11.9 Å². The van der Waals surface area contributed by atoms with Gasteiger partial charge in [0, 0.05) is 19.7 Å². The number of ether oxygens (including phenoxy) is 1. The molecule has 0 amide bonds. The van der Waals surface area contributed by atoms with E-state index in [4.69, 9.17) is 10.5 Å². The molecular formula is C14H19N5O. The quantitative estimate of drug-likeness (QED) is 0.917. The third-order valence-electron chi connectivity index (χ3n) is 2.50. The molecule has 0 saturated heterocycles. The molecule has 106 valence electrons. The van der Waals surface area contributed by atoms with E-state index in [0.717, 1.165) is 11.3 Å². The maximum Gasteiger partial charge on any atom is 0.230 e. The molecule has 2 N–H and O–H groups in total. The average molecular weight is 273 g/mol. The van der Waals surface area contributed by atoms with E-state index < -0.39 is 0 Å². The van der Waals surface area contributed by atoms with E-state index in [1.807, 2.05) is 52.2 Å². The first-order valence-corrected chi connectivity index (χ1v) is 6.41. The van der Waals surface area contributed by atoms with E-state index in [2.05, 4.69) is 15.0 Å². The smallest absolute Gasteiger partial charge is 0.230 e. The van der Waals surface area contributed by atoms with Crippen LogP contribution in [0.1, 0.15) is 13.8 Å². The van der Waals surface area contributed by atoms with Crippen molar-refractivity contribution in [2.75, 3.05) is 24.7 Å². The lowest BCUT2D eigenvalue weighted by atomic mass is 10.2. The lowest BCUT2D eigenvalue weighted by Crippen LogP contribution is -2.15. The fraction of sp³-hybridized carbons (Fsp3) is 0.357. The third kappa shape index (κ3) is 3.34. The topological polar surface area (TPSA) is 77.2 Å². The standard InChI is InChI=1S/C14H19N5O/c1-9(2)20-11-7-5-6-10(8-11)12-16-13(15)18-14(17-12)19(3)4/h5-9H,1-4H3,(H2,15,16,17,18). The molecule has 20 heavy (non-hydrogen) atoms. The van der Waals surface area contributed by atoms with Gasteiger partial charge in [-0.1, -0.05) is 12.1 Å². The number of nitrogen functional groups attached to an aromatic ring is 1. The molecule has 1 aromatic carbocycles. The number of nitrogens with zero attached hydrogens (tertiary/aromatic N) is 4. The van der Waals surface area contributed by atoms with Gasteiger partial charge in [0.15, 0.2) is 5.82 Å². The van der Waals surface area contributed by atoms with Crippen LogP contribution in [-0.4, -0.2) is 35.2 Å². The fourth-order valence-electron chi connectivity index (χ4n) is 1.69. The van der Waals surface area contributed by atoms with Crippen LogP contribution in [-0.2, 0) is 0 Å². The maximum atomic E-state index is 5.73. The van der Waals surface area contributed by atoms with Gasteiger partial charge in [-0.3, -0.25) is 0 Å². The predicted molar refractivity (Wildman–Crippen MR) is 79.8 cm³/mol. The van der Waals surface area contributed by atoms with Crippen LogP contribution in [0.2, 0.25) is 0 Å². The van der Waals surface area contributed by atoms with Gasteiger partial charge in [0.05, 0.1) is 6.10 Å². The highest BCUT2D eigenvalue weighted by atomic mass is 16.5. The predicted octanol–water partition coefficient (Wildman–Crippen LogP) is 1.97. The second-order valence-electron chi connectivity index (χ2n) is 4.91. The molecular weight excluding hydrogens is 254 g/mol. The van der Waals surface area contributed by atoms with Gasteiger partial charge >= 0.3 is 0 Å². The first-order chi connectivity index (χ1) is 9.45. The summed E-state index contributed by atoms with van der Waals surface area (Å²) < 4.78 is 5.67. The Morgan fingerprint density at radius 2 is 1.90 bits per heavy atom. The number of nitrogens with two attached hydrogens (primary N) is 1. The van der Waals surface area contributed by atoms with Crippen LogP contribution >= 0.6 is 0 Å². The van der Waals surface area contributed by atoms with Crippen molar-refractivity contribution in [3.8, 4) is 17.1 Å². The van der Waals surface area contributed by atoms with E-state index in [1.165, 1.54) is 0 Å². The highest BCUT2D eigenvalue weighted by Gasteiger charge is 2.09. The van der Waals surface area contributed by atoms with E-state index in [9.17, 15) is 0 Å². The number of hydrogen-bond donors (Lipinski definition) is 1. The Morgan fingerprint density at radius 1 is 1.15 bits per heavy atom. The van der Waals surface area contributed by atoms with Crippen LogP contribution in [0.15, 0.2) is 24.3 Å². The van der Waals surface area contributed by atoms with Crippen molar-refractivity contribution in [1.29, 1.82) is 0 Å². The molecule has 6 nitrogen and oxygen atoms in total. The molecule has 6 heteroatoms. The second kappa shape index (κ2) is 5.73. The number of anilines is 2. The average Bonchev–Trinajstić information content (AvgIpc) is 2.37. The summed E-state index contributed by atoms with van der Waals surface area (Å²) in [5.74, 6) is 2.05. The Kier molecular flexibility index (Phi) is 4.02. The SMILES string of the molecule is CC(C)Oc1cccc(-c2nc(N)nc(N(C)C)n2)c1. The lowest BCUT2D eigenvalue weighted by molar-refractivity contribution is 0.242. The molecule has 0 aliphatic heterocycles. The summed E-state index contributed by atoms with van der Waals surface area (Å²) in [6, 6.07) is 7.62. The largest absolute Gasteiger partial charge is 0.491 e. The molecule has 0 atom stereocenters. The maximum absolute atomic E-state index is 5.73. The minimum atomic E-state index is 0.117. The Hall–Kier alpha value is -2.37. The van der Waals surface area contributed by atoms with E-state index in [0.29, 0.717) is 11.8 Å². The number of hydrogen-bond acceptors (Lipinski definition) is 6. The minimum absolute atomic E-state index is 0.117. The molecule has 0 unspecified atom stereocenters. The molecule has 0 radical (unpaired) electrons.